The third kappa shape index (κ3) is 1.32. The normalized spacial score (nSPS) is 17.2. The Morgan fingerprint density at radius 3 is 2.00 bits per heavy atom. The summed E-state index contributed by atoms with van der Waals surface area (Å²) in [5, 5.41) is 0. The molecule has 0 saturated carbocycles. The minimum Gasteiger partial charge on any atom is -0.268 e. The molecule has 1 rings (SSSR count). The predicted molar refractivity (Wildman–Crippen MR) is 50.4 cm³/mol. The maximum Gasteiger partial charge on any atom is 0.270 e. The van der Waals surface area contributed by atoms with Crippen molar-refractivity contribution in [2.75, 3.05) is 6.54 Å². The molecule has 1 heterocycles. The van der Waals surface area contributed by atoms with Crippen molar-refractivity contribution in [3.63, 3.8) is 0 Å². The number of nitrogens with zero attached hydrogens (tertiary/aromatic N) is 1. The Labute approximate surface area is 86.1 Å². The minimum absolute atomic E-state index is 0.00185. The molecule has 0 bridgehead atoms. The molecule has 0 aromatic heterocycles. The average molecular weight is 293 g/mol. The largest absolute Gasteiger partial charge is 0.270 e. The molecule has 0 spiro atoms. The van der Waals surface area contributed by atoms with Crippen LogP contribution in [0.2, 0.25) is 0 Å². The van der Waals surface area contributed by atoms with Crippen LogP contribution in [0.3, 0.4) is 0 Å². The summed E-state index contributed by atoms with van der Waals surface area (Å²) in [4.78, 5) is 23.4. The van der Waals surface area contributed by atoms with E-state index in [2.05, 4.69) is 37.8 Å². The van der Waals surface area contributed by atoms with Gasteiger partial charge in [-0.25, -0.2) is 0 Å². The van der Waals surface area contributed by atoms with Gasteiger partial charge in [-0.3, -0.25) is 14.5 Å². The highest BCUT2D eigenvalue weighted by molar-refractivity contribution is 9.14. The molecule has 0 atom stereocenters. The third-order valence-electron chi connectivity index (χ3n) is 1.31. The fourth-order valence-corrected chi connectivity index (χ4v) is 1.52. The van der Waals surface area contributed by atoms with Gasteiger partial charge in [0.1, 0.15) is 8.96 Å². The van der Waals surface area contributed by atoms with Crippen LogP contribution in [0.1, 0.15) is 0 Å². The summed E-state index contributed by atoms with van der Waals surface area (Å²) >= 11 is 5.94. The molecule has 62 valence electrons. The van der Waals surface area contributed by atoms with Crippen molar-refractivity contribution in [2.24, 2.45) is 0 Å². The van der Waals surface area contributed by atoms with Crippen LogP contribution >= 0.6 is 31.9 Å². The molecule has 3 nitrogen and oxygen atoms in total. The van der Waals surface area contributed by atoms with Gasteiger partial charge in [-0.15, -0.1) is 6.42 Å². The molecule has 0 aromatic carbocycles. The molecule has 0 radical (unpaired) electrons. The van der Waals surface area contributed by atoms with E-state index in [-0.39, 0.29) is 15.5 Å². The molecule has 0 aliphatic carbocycles. The van der Waals surface area contributed by atoms with Gasteiger partial charge in [0.25, 0.3) is 11.8 Å². The molecule has 0 fully saturated rings. The van der Waals surface area contributed by atoms with Crippen LogP contribution in [0.4, 0.5) is 0 Å². The summed E-state index contributed by atoms with van der Waals surface area (Å²) in [6.45, 7) is 0.00185. The van der Waals surface area contributed by atoms with E-state index in [1.165, 1.54) is 0 Å². The highest BCUT2D eigenvalue weighted by atomic mass is 79.9. The monoisotopic (exact) mass is 291 g/mol. The van der Waals surface area contributed by atoms with E-state index in [4.69, 9.17) is 6.42 Å². The molecular formula is C7H3Br2NO2. The molecule has 0 N–H and O–H groups in total. The van der Waals surface area contributed by atoms with E-state index >= 15 is 0 Å². The van der Waals surface area contributed by atoms with Crippen molar-refractivity contribution in [1.29, 1.82) is 0 Å². The zero-order valence-electron chi connectivity index (χ0n) is 5.80. The first-order chi connectivity index (χ1) is 5.59. The first kappa shape index (κ1) is 9.49. The Bertz CT molecular complexity index is 303. The van der Waals surface area contributed by atoms with Crippen LogP contribution in [-0.2, 0) is 9.59 Å². The molecule has 12 heavy (non-hydrogen) atoms. The topological polar surface area (TPSA) is 37.4 Å². The second kappa shape index (κ2) is 3.42. The first-order valence-electron chi connectivity index (χ1n) is 2.94. The Morgan fingerprint density at radius 1 is 1.25 bits per heavy atom. The molecule has 5 heteroatoms. The standard InChI is InChI=1S/C7H3Br2NO2/c1-2-3-10-6(11)4(8)5(9)7(10)12/h1H,3H2. The number of rotatable bonds is 1. The lowest BCUT2D eigenvalue weighted by molar-refractivity contribution is -0.136. The second-order valence-corrected chi connectivity index (χ2v) is 3.61. The Morgan fingerprint density at radius 2 is 1.67 bits per heavy atom. The van der Waals surface area contributed by atoms with Crippen molar-refractivity contribution in [2.45, 2.75) is 0 Å². The van der Waals surface area contributed by atoms with Gasteiger partial charge < -0.3 is 0 Å². The van der Waals surface area contributed by atoms with E-state index in [1.54, 1.807) is 0 Å². The zero-order valence-corrected chi connectivity index (χ0v) is 8.98. The summed E-state index contributed by atoms with van der Waals surface area (Å²) in [7, 11) is 0. The molecule has 0 aromatic rings. The summed E-state index contributed by atoms with van der Waals surface area (Å²) in [6, 6.07) is 0. The first-order valence-corrected chi connectivity index (χ1v) is 4.53. The average Bonchev–Trinajstić information content (AvgIpc) is 2.23. The highest BCUT2D eigenvalue weighted by Crippen LogP contribution is 2.28. The summed E-state index contributed by atoms with van der Waals surface area (Å²) in [5.74, 6) is 1.43. The van der Waals surface area contributed by atoms with Crippen molar-refractivity contribution in [3.8, 4) is 12.3 Å². The van der Waals surface area contributed by atoms with Crippen molar-refractivity contribution in [3.05, 3.63) is 8.96 Å². The highest BCUT2D eigenvalue weighted by Gasteiger charge is 2.34. The van der Waals surface area contributed by atoms with Crippen molar-refractivity contribution in [1.82, 2.24) is 4.90 Å². The molecule has 0 unspecified atom stereocenters. The third-order valence-corrected chi connectivity index (χ3v) is 3.31. The van der Waals surface area contributed by atoms with E-state index in [0.29, 0.717) is 0 Å². The number of hydrogen-bond donors (Lipinski definition) is 0. The number of imide groups is 1. The SMILES string of the molecule is C#CCN1C(=O)C(Br)=C(Br)C1=O. The van der Waals surface area contributed by atoms with Crippen molar-refractivity contribution < 1.29 is 9.59 Å². The van der Waals surface area contributed by atoms with Gasteiger partial charge in [0.05, 0.1) is 6.54 Å². The smallest absolute Gasteiger partial charge is 0.268 e. The van der Waals surface area contributed by atoms with Gasteiger partial charge in [-0.05, 0) is 31.9 Å². The van der Waals surface area contributed by atoms with Gasteiger partial charge in [-0.2, -0.15) is 0 Å². The van der Waals surface area contributed by atoms with Crippen LogP contribution in [0.25, 0.3) is 0 Å². The van der Waals surface area contributed by atoms with Gasteiger partial charge in [0.15, 0.2) is 0 Å². The molecule has 1 aliphatic rings. The van der Waals surface area contributed by atoms with E-state index in [9.17, 15) is 9.59 Å². The summed E-state index contributed by atoms with van der Waals surface area (Å²) in [6.07, 6.45) is 4.98. The molecule has 0 saturated heterocycles. The number of amides is 2. The van der Waals surface area contributed by atoms with Gasteiger partial charge in [-0.1, -0.05) is 5.92 Å². The lowest BCUT2D eigenvalue weighted by Gasteiger charge is -2.08. The number of terminal acetylenes is 1. The Balaban J connectivity index is 2.97. The van der Waals surface area contributed by atoms with E-state index in [0.717, 1.165) is 4.90 Å². The second-order valence-electron chi connectivity index (χ2n) is 2.03. The lowest BCUT2D eigenvalue weighted by Crippen LogP contribution is -2.31. The van der Waals surface area contributed by atoms with E-state index < -0.39 is 11.8 Å². The number of carbonyl (C=O) groups excluding carboxylic acids is 2. The fraction of sp³-hybridized carbons (Fsp3) is 0.143. The fourth-order valence-electron chi connectivity index (χ4n) is 0.752. The van der Waals surface area contributed by atoms with Gasteiger partial charge >= 0.3 is 0 Å². The quantitative estimate of drug-likeness (QED) is 0.534. The molecule has 2 amide bonds. The van der Waals surface area contributed by atoms with E-state index in [1.807, 2.05) is 0 Å². The van der Waals surface area contributed by atoms with Crippen LogP contribution in [0.5, 0.6) is 0 Å². The Hall–Kier alpha value is -0.600. The summed E-state index contributed by atoms with van der Waals surface area (Å²) in [5.41, 5.74) is 0. The predicted octanol–water partition coefficient (Wildman–Crippen LogP) is 0.990. The number of hydrogen-bond acceptors (Lipinski definition) is 2. The van der Waals surface area contributed by atoms with Crippen LogP contribution in [-0.4, -0.2) is 23.3 Å². The lowest BCUT2D eigenvalue weighted by atomic mass is 10.5. The van der Waals surface area contributed by atoms with Crippen LogP contribution in [0.15, 0.2) is 8.96 Å². The van der Waals surface area contributed by atoms with Crippen LogP contribution in [0, 0.1) is 12.3 Å². The molecular weight excluding hydrogens is 290 g/mol. The Kier molecular flexibility index (Phi) is 2.70. The maximum atomic E-state index is 11.2. The van der Waals surface area contributed by atoms with Crippen LogP contribution < -0.4 is 0 Å². The maximum absolute atomic E-state index is 11.2. The minimum atomic E-state index is -0.398. The summed E-state index contributed by atoms with van der Waals surface area (Å²) < 4.78 is 0.450. The zero-order chi connectivity index (χ0) is 9.30. The number of halogens is 2. The van der Waals surface area contributed by atoms with Gasteiger partial charge in [0, 0.05) is 0 Å². The number of carbonyl (C=O) groups is 2. The molecule has 1 aliphatic heterocycles. The van der Waals surface area contributed by atoms with Gasteiger partial charge in [0.2, 0.25) is 0 Å². The van der Waals surface area contributed by atoms with Crippen molar-refractivity contribution >= 4 is 43.7 Å².